The maximum Gasteiger partial charge on any atom is 0.326 e. The van der Waals surface area contributed by atoms with Crippen molar-refractivity contribution in [2.75, 3.05) is 0 Å². The predicted octanol–water partition coefficient (Wildman–Crippen LogP) is 4.94. The molecule has 8 nitrogen and oxygen atoms in total. The summed E-state index contributed by atoms with van der Waals surface area (Å²) in [6.45, 7) is 14.0. The average Bonchev–Trinajstić information content (AvgIpc) is 3.11. The fourth-order valence-electron chi connectivity index (χ4n) is 8.45. The van der Waals surface area contributed by atoms with Crippen LogP contribution in [0.2, 0.25) is 0 Å². The number of carboxylic acid groups (broad SMARTS) is 1. The van der Waals surface area contributed by atoms with Crippen LogP contribution in [0.5, 0.6) is 11.5 Å². The number of rotatable bonds is 4. The van der Waals surface area contributed by atoms with E-state index < -0.39 is 17.6 Å². The van der Waals surface area contributed by atoms with E-state index in [2.05, 4.69) is 27.7 Å². The monoisotopic (exact) mass is 527 g/mol. The molecule has 0 saturated heterocycles. The highest BCUT2D eigenvalue weighted by Crippen LogP contribution is 2.67. The molecule has 2 N–H and O–H groups in total. The van der Waals surface area contributed by atoms with Crippen molar-refractivity contribution in [3.63, 3.8) is 0 Å². The SMILES string of the molecule is CC(=O)O[C@@H]1CC[C@@]23Oc4c(c(O)cc5c4CN(C(C(=O)O)C(C)C)C5=O)C[C@]2(C)[C@@H](C)CC[C@H]3C1(C)C. The molecule has 6 atom stereocenters. The zero-order valence-corrected chi connectivity index (χ0v) is 23.6. The summed E-state index contributed by atoms with van der Waals surface area (Å²) in [5.41, 5.74) is 0.507. The van der Waals surface area contributed by atoms with Crippen molar-refractivity contribution in [2.24, 2.45) is 28.6 Å². The molecule has 1 amide bonds. The molecule has 1 aromatic carbocycles. The van der Waals surface area contributed by atoms with Crippen LogP contribution in [0.1, 0.15) is 95.6 Å². The Morgan fingerprint density at radius 1 is 1.16 bits per heavy atom. The fraction of sp³-hybridized carbons (Fsp3) is 0.700. The van der Waals surface area contributed by atoms with Crippen LogP contribution in [-0.2, 0) is 27.3 Å². The summed E-state index contributed by atoms with van der Waals surface area (Å²) < 4.78 is 13.0. The number of esters is 1. The lowest BCUT2D eigenvalue weighted by Crippen LogP contribution is -2.70. The van der Waals surface area contributed by atoms with E-state index in [0.29, 0.717) is 47.6 Å². The van der Waals surface area contributed by atoms with Crippen molar-refractivity contribution in [3.05, 3.63) is 22.8 Å². The van der Waals surface area contributed by atoms with E-state index in [1.54, 1.807) is 13.8 Å². The van der Waals surface area contributed by atoms with Crippen LogP contribution in [-0.4, -0.2) is 50.7 Å². The Morgan fingerprint density at radius 2 is 1.84 bits per heavy atom. The number of hydrogen-bond donors (Lipinski definition) is 2. The molecule has 2 aliphatic heterocycles. The number of carboxylic acids is 1. The molecule has 5 rings (SSSR count). The van der Waals surface area contributed by atoms with Gasteiger partial charge in [0.15, 0.2) is 0 Å². The molecule has 8 heteroatoms. The summed E-state index contributed by atoms with van der Waals surface area (Å²) in [5, 5.41) is 21.1. The number of hydrogen-bond acceptors (Lipinski definition) is 6. The van der Waals surface area contributed by atoms with Gasteiger partial charge in [0, 0.05) is 34.8 Å². The van der Waals surface area contributed by atoms with E-state index >= 15 is 0 Å². The molecule has 38 heavy (non-hydrogen) atoms. The second-order valence-corrected chi connectivity index (χ2v) is 13.3. The molecule has 4 aliphatic rings. The van der Waals surface area contributed by atoms with E-state index in [-0.39, 0.29) is 52.9 Å². The van der Waals surface area contributed by atoms with Gasteiger partial charge in [0.1, 0.15) is 29.2 Å². The van der Waals surface area contributed by atoms with Gasteiger partial charge in [-0.2, -0.15) is 0 Å². The zero-order valence-electron chi connectivity index (χ0n) is 23.6. The Hall–Kier alpha value is -2.77. The highest BCUT2D eigenvalue weighted by atomic mass is 16.5. The second-order valence-electron chi connectivity index (χ2n) is 13.3. The number of benzene rings is 1. The number of carbonyl (C=O) groups is 3. The Bertz CT molecular complexity index is 1210. The first-order valence-electron chi connectivity index (χ1n) is 13.9. The molecule has 0 radical (unpaired) electrons. The molecule has 2 heterocycles. The lowest BCUT2D eigenvalue weighted by atomic mass is 9.43. The van der Waals surface area contributed by atoms with Crippen molar-refractivity contribution >= 4 is 17.8 Å². The number of phenols is 1. The first-order valence-corrected chi connectivity index (χ1v) is 13.9. The minimum atomic E-state index is -1.04. The maximum absolute atomic E-state index is 13.5. The van der Waals surface area contributed by atoms with E-state index in [4.69, 9.17) is 9.47 Å². The summed E-state index contributed by atoms with van der Waals surface area (Å²) in [6.07, 6.45) is 3.69. The third kappa shape index (κ3) is 3.51. The largest absolute Gasteiger partial charge is 0.508 e. The third-order valence-electron chi connectivity index (χ3n) is 10.7. The number of carbonyl (C=O) groups excluding carboxylic acids is 2. The molecule has 1 spiro atoms. The van der Waals surface area contributed by atoms with Crippen molar-refractivity contribution < 1.29 is 34.1 Å². The van der Waals surface area contributed by atoms with E-state index in [0.717, 1.165) is 12.8 Å². The van der Waals surface area contributed by atoms with Gasteiger partial charge in [-0.25, -0.2) is 4.79 Å². The summed E-state index contributed by atoms with van der Waals surface area (Å²) in [5.74, 6) is -0.990. The lowest BCUT2D eigenvalue weighted by molar-refractivity contribution is -0.238. The van der Waals surface area contributed by atoms with Gasteiger partial charge < -0.3 is 24.6 Å². The molecule has 1 unspecified atom stereocenters. The van der Waals surface area contributed by atoms with Crippen LogP contribution < -0.4 is 4.74 Å². The highest BCUT2D eigenvalue weighted by molar-refractivity contribution is 6.02. The van der Waals surface area contributed by atoms with Crippen molar-refractivity contribution in [1.82, 2.24) is 4.90 Å². The quantitative estimate of drug-likeness (QED) is 0.534. The number of aromatic hydroxyl groups is 1. The Morgan fingerprint density at radius 3 is 2.45 bits per heavy atom. The first-order chi connectivity index (χ1) is 17.7. The number of phenolic OH excluding ortho intramolecular Hbond substituents is 1. The van der Waals surface area contributed by atoms with Gasteiger partial charge in [0.05, 0.1) is 12.1 Å². The molecule has 1 aromatic rings. The van der Waals surface area contributed by atoms with E-state index in [1.807, 2.05) is 0 Å². The molecular weight excluding hydrogens is 486 g/mol. The van der Waals surface area contributed by atoms with Crippen LogP contribution in [0.25, 0.3) is 0 Å². The second kappa shape index (κ2) is 8.62. The van der Waals surface area contributed by atoms with Gasteiger partial charge in [-0.1, -0.05) is 41.5 Å². The van der Waals surface area contributed by atoms with Gasteiger partial charge in [-0.05, 0) is 50.0 Å². The van der Waals surface area contributed by atoms with Crippen LogP contribution in [0, 0.1) is 28.6 Å². The van der Waals surface area contributed by atoms with Gasteiger partial charge in [-0.15, -0.1) is 0 Å². The molecule has 2 fully saturated rings. The minimum Gasteiger partial charge on any atom is -0.508 e. The van der Waals surface area contributed by atoms with Crippen LogP contribution in [0.3, 0.4) is 0 Å². The molecule has 208 valence electrons. The van der Waals surface area contributed by atoms with Crippen LogP contribution in [0.4, 0.5) is 0 Å². The smallest absolute Gasteiger partial charge is 0.326 e. The standard InChI is InChI=1S/C30H41NO7/c1-15(2)24(27(35)36)31-14-20-18(26(31)34)12-21(33)19-13-29(7)16(3)8-9-22-28(5,6)23(37-17(4)32)10-11-30(22,29)38-25(19)20/h12,15-16,22-24,33H,8-11,13-14H2,1-7H3,(H,35,36)/t16-,22-,23+,24?,29+,30-/m0/s1. The average molecular weight is 528 g/mol. The number of fused-ring (bicyclic) bond motifs is 3. The lowest BCUT2D eigenvalue weighted by Gasteiger charge is -2.67. The molecule has 0 aromatic heterocycles. The molecule has 2 saturated carbocycles. The molecular formula is C30H41NO7. The number of ether oxygens (including phenoxy) is 2. The third-order valence-corrected chi connectivity index (χ3v) is 10.7. The highest BCUT2D eigenvalue weighted by Gasteiger charge is 2.68. The summed E-state index contributed by atoms with van der Waals surface area (Å²) in [7, 11) is 0. The van der Waals surface area contributed by atoms with Crippen molar-refractivity contribution in [2.45, 2.75) is 105 Å². The number of nitrogens with zero attached hydrogens (tertiary/aromatic N) is 1. The van der Waals surface area contributed by atoms with E-state index in [9.17, 15) is 24.6 Å². The van der Waals surface area contributed by atoms with Crippen molar-refractivity contribution in [3.8, 4) is 11.5 Å². The van der Waals surface area contributed by atoms with Crippen LogP contribution in [0.15, 0.2) is 6.07 Å². The Balaban J connectivity index is 1.63. The maximum atomic E-state index is 13.5. The normalized spacial score (nSPS) is 33.9. The Kier molecular flexibility index (Phi) is 6.08. The predicted molar refractivity (Wildman–Crippen MR) is 140 cm³/mol. The molecule has 2 aliphatic carbocycles. The van der Waals surface area contributed by atoms with Crippen LogP contribution >= 0.6 is 0 Å². The van der Waals surface area contributed by atoms with Gasteiger partial charge >= 0.3 is 11.9 Å². The minimum absolute atomic E-state index is 0.0311. The molecule has 0 bridgehead atoms. The van der Waals surface area contributed by atoms with E-state index in [1.165, 1.54) is 17.9 Å². The van der Waals surface area contributed by atoms with Gasteiger partial charge in [0.25, 0.3) is 5.91 Å². The number of aliphatic carboxylic acids is 1. The topological polar surface area (TPSA) is 113 Å². The zero-order chi connectivity index (χ0) is 27.9. The fourth-order valence-corrected chi connectivity index (χ4v) is 8.45. The summed E-state index contributed by atoms with van der Waals surface area (Å²) in [6, 6.07) is 0.535. The van der Waals surface area contributed by atoms with Gasteiger partial charge in [-0.3, -0.25) is 9.59 Å². The summed E-state index contributed by atoms with van der Waals surface area (Å²) in [4.78, 5) is 38.9. The van der Waals surface area contributed by atoms with Crippen molar-refractivity contribution in [1.29, 1.82) is 0 Å². The van der Waals surface area contributed by atoms with Gasteiger partial charge in [0.2, 0.25) is 0 Å². The number of amides is 1. The first kappa shape index (κ1) is 26.8. The Labute approximate surface area is 224 Å². The summed E-state index contributed by atoms with van der Waals surface area (Å²) >= 11 is 0.